The number of halogens is 1. The fourth-order valence-electron chi connectivity index (χ4n) is 3.16. The quantitative estimate of drug-likeness (QED) is 0.749. The summed E-state index contributed by atoms with van der Waals surface area (Å²) in [4.78, 5) is 25.7. The van der Waals surface area contributed by atoms with Crippen LogP contribution in [0.25, 0.3) is 0 Å². The molecule has 1 fully saturated rings. The Balaban J connectivity index is 1.99. The van der Waals surface area contributed by atoms with Crippen LogP contribution in [0.15, 0.2) is 18.2 Å². The Labute approximate surface area is 127 Å². The lowest BCUT2D eigenvalue weighted by Gasteiger charge is -2.35. The fourth-order valence-corrected chi connectivity index (χ4v) is 3.42. The number of hydrogen-bond donors (Lipinski definition) is 0. The van der Waals surface area contributed by atoms with Crippen molar-refractivity contribution >= 4 is 23.7 Å². The topological polar surface area (TPSA) is 55.8 Å². The van der Waals surface area contributed by atoms with E-state index in [2.05, 4.69) is 0 Å². The first kappa shape index (κ1) is 14.2. The molecule has 2 aliphatic heterocycles. The molecular weight excluding hydrogens is 294 g/mol. The molecule has 2 atom stereocenters. The van der Waals surface area contributed by atoms with E-state index in [1.165, 1.54) is 0 Å². The van der Waals surface area contributed by atoms with E-state index in [1.54, 1.807) is 17.9 Å². The van der Waals surface area contributed by atoms with Crippen molar-refractivity contribution in [2.45, 2.75) is 25.4 Å². The molecule has 0 radical (unpaired) electrons. The lowest BCUT2D eigenvalue weighted by atomic mass is 9.81. The highest BCUT2D eigenvalue weighted by Crippen LogP contribution is 2.45. The van der Waals surface area contributed by atoms with Crippen LogP contribution in [0.5, 0.6) is 0 Å². The third-order valence-corrected chi connectivity index (χ3v) is 4.44. The van der Waals surface area contributed by atoms with Crippen LogP contribution in [0.3, 0.4) is 0 Å². The van der Waals surface area contributed by atoms with Crippen LogP contribution >= 0.6 is 11.6 Å². The summed E-state index contributed by atoms with van der Waals surface area (Å²) in [6.07, 6.45) is -0.382. The largest absolute Gasteiger partial charge is 0.453 e. The molecule has 1 amide bonds. The van der Waals surface area contributed by atoms with Gasteiger partial charge in [-0.25, -0.2) is 9.59 Å². The van der Waals surface area contributed by atoms with Gasteiger partial charge in [0.25, 0.3) is 0 Å². The zero-order chi connectivity index (χ0) is 15.2. The molecule has 0 aliphatic carbocycles. The van der Waals surface area contributed by atoms with Crippen LogP contribution in [0.2, 0.25) is 5.02 Å². The molecule has 1 saturated heterocycles. The van der Waals surface area contributed by atoms with Gasteiger partial charge in [0, 0.05) is 12.5 Å². The number of fused-ring (bicyclic) bond motifs is 3. The molecule has 0 unspecified atom stereocenters. The van der Waals surface area contributed by atoms with Crippen molar-refractivity contribution in [2.24, 2.45) is 0 Å². The van der Waals surface area contributed by atoms with Crippen LogP contribution in [0.4, 0.5) is 4.79 Å². The van der Waals surface area contributed by atoms with Gasteiger partial charge in [-0.2, -0.15) is 0 Å². The number of nitrogens with zero attached hydrogens (tertiary/aromatic N) is 1. The third kappa shape index (κ3) is 2.16. The van der Waals surface area contributed by atoms with E-state index in [4.69, 9.17) is 21.1 Å². The van der Waals surface area contributed by atoms with Gasteiger partial charge in [0.2, 0.25) is 0 Å². The molecule has 1 aromatic rings. The monoisotopic (exact) mass is 309 g/mol. The van der Waals surface area contributed by atoms with Crippen molar-refractivity contribution < 1.29 is 19.1 Å². The van der Waals surface area contributed by atoms with Gasteiger partial charge in [-0.1, -0.05) is 23.7 Å². The number of amides is 1. The molecule has 3 rings (SSSR count). The molecule has 5 nitrogen and oxygen atoms in total. The summed E-state index contributed by atoms with van der Waals surface area (Å²) in [7, 11) is 0. The van der Waals surface area contributed by atoms with Crippen molar-refractivity contribution in [1.82, 2.24) is 4.90 Å². The highest BCUT2D eigenvalue weighted by atomic mass is 35.5. The summed E-state index contributed by atoms with van der Waals surface area (Å²) in [6, 6.07) is 5.36. The van der Waals surface area contributed by atoms with Crippen molar-refractivity contribution in [3.05, 3.63) is 34.3 Å². The minimum atomic E-state index is -0.735. The van der Waals surface area contributed by atoms with Gasteiger partial charge in [0.1, 0.15) is 5.60 Å². The number of benzene rings is 1. The lowest BCUT2D eigenvalue weighted by molar-refractivity contribution is -0.0176. The Morgan fingerprint density at radius 2 is 2.33 bits per heavy atom. The second-order valence-corrected chi connectivity index (χ2v) is 5.95. The van der Waals surface area contributed by atoms with Gasteiger partial charge in [-0.15, -0.1) is 0 Å². The minimum absolute atomic E-state index is 0.0895. The van der Waals surface area contributed by atoms with Crippen LogP contribution < -0.4 is 0 Å². The van der Waals surface area contributed by atoms with Gasteiger partial charge in [0.05, 0.1) is 23.7 Å². The molecule has 0 saturated carbocycles. The van der Waals surface area contributed by atoms with Gasteiger partial charge >= 0.3 is 12.1 Å². The maximum Gasteiger partial charge on any atom is 0.409 e. The normalized spacial score (nSPS) is 26.9. The number of rotatable bonds is 1. The van der Waals surface area contributed by atoms with Gasteiger partial charge in [-0.3, -0.25) is 0 Å². The molecule has 0 aromatic heterocycles. The standard InChI is InChI=1S/C15H16ClNO4/c1-3-20-14(19)17-7-10-9-5-4-6-11(16)12(9)13(18)21-15(10,2)8-17/h4-6,10H,3,7-8H2,1-2H3/t10-,15-/m0/s1. The molecule has 0 spiro atoms. The number of likely N-dealkylation sites (tertiary alicyclic amines) is 1. The van der Waals surface area contributed by atoms with E-state index < -0.39 is 11.6 Å². The van der Waals surface area contributed by atoms with E-state index in [9.17, 15) is 9.59 Å². The summed E-state index contributed by atoms with van der Waals surface area (Å²) in [6.45, 7) is 4.71. The number of hydrogen-bond acceptors (Lipinski definition) is 4. The molecule has 112 valence electrons. The molecule has 21 heavy (non-hydrogen) atoms. The predicted octanol–water partition coefficient (Wildman–Crippen LogP) is 2.82. The predicted molar refractivity (Wildman–Crippen MR) is 76.6 cm³/mol. The van der Waals surface area contributed by atoms with Crippen LogP contribution in [-0.4, -0.2) is 42.3 Å². The van der Waals surface area contributed by atoms with Crippen LogP contribution in [-0.2, 0) is 9.47 Å². The van der Waals surface area contributed by atoms with Gasteiger partial charge < -0.3 is 14.4 Å². The van der Waals surface area contributed by atoms with Crippen molar-refractivity contribution in [2.75, 3.05) is 19.7 Å². The smallest absolute Gasteiger partial charge is 0.409 e. The molecule has 0 N–H and O–H groups in total. The Morgan fingerprint density at radius 1 is 1.57 bits per heavy atom. The molecule has 0 bridgehead atoms. The van der Waals surface area contributed by atoms with E-state index in [1.807, 2.05) is 19.1 Å². The Hall–Kier alpha value is -1.75. The number of carbonyl (C=O) groups excluding carboxylic acids is 2. The zero-order valence-corrected chi connectivity index (χ0v) is 12.6. The number of esters is 1. The van der Waals surface area contributed by atoms with E-state index in [-0.39, 0.29) is 12.0 Å². The van der Waals surface area contributed by atoms with E-state index >= 15 is 0 Å². The van der Waals surface area contributed by atoms with Crippen molar-refractivity contribution in [3.8, 4) is 0 Å². The highest BCUT2D eigenvalue weighted by molar-refractivity contribution is 6.33. The third-order valence-electron chi connectivity index (χ3n) is 4.12. The average Bonchev–Trinajstić information content (AvgIpc) is 2.76. The summed E-state index contributed by atoms with van der Waals surface area (Å²) >= 11 is 6.12. The molecule has 2 aliphatic rings. The molecule has 2 heterocycles. The first-order chi connectivity index (χ1) is 9.96. The van der Waals surface area contributed by atoms with E-state index in [0.717, 1.165) is 5.56 Å². The summed E-state index contributed by atoms with van der Waals surface area (Å²) < 4.78 is 10.6. The second kappa shape index (κ2) is 4.91. The maximum absolute atomic E-state index is 12.2. The fraction of sp³-hybridized carbons (Fsp3) is 0.467. The van der Waals surface area contributed by atoms with Crippen molar-refractivity contribution in [3.63, 3.8) is 0 Å². The SMILES string of the molecule is CCOC(=O)N1C[C@H]2c3cccc(Cl)c3C(=O)O[C@@]2(C)C1. The van der Waals surface area contributed by atoms with E-state index in [0.29, 0.717) is 30.3 Å². The second-order valence-electron chi connectivity index (χ2n) is 5.54. The lowest BCUT2D eigenvalue weighted by Crippen LogP contribution is -2.43. The van der Waals surface area contributed by atoms with Gasteiger partial charge in [-0.05, 0) is 25.5 Å². The van der Waals surface area contributed by atoms with Crippen molar-refractivity contribution in [1.29, 1.82) is 0 Å². The highest BCUT2D eigenvalue weighted by Gasteiger charge is 2.53. The Kier molecular flexibility index (Phi) is 3.32. The molecule has 6 heteroatoms. The maximum atomic E-state index is 12.2. The zero-order valence-electron chi connectivity index (χ0n) is 11.9. The van der Waals surface area contributed by atoms with Crippen LogP contribution in [0, 0.1) is 0 Å². The average molecular weight is 310 g/mol. The number of ether oxygens (including phenoxy) is 2. The van der Waals surface area contributed by atoms with Gasteiger partial charge in [0.15, 0.2) is 0 Å². The first-order valence-corrected chi connectivity index (χ1v) is 7.27. The molecular formula is C15H16ClNO4. The minimum Gasteiger partial charge on any atom is -0.453 e. The summed E-state index contributed by atoms with van der Waals surface area (Å²) in [5.74, 6) is -0.520. The Morgan fingerprint density at radius 3 is 3.05 bits per heavy atom. The Bertz CT molecular complexity index is 618. The number of carbonyl (C=O) groups is 2. The molecule has 1 aromatic carbocycles. The first-order valence-electron chi connectivity index (χ1n) is 6.89. The van der Waals surface area contributed by atoms with Crippen LogP contribution in [0.1, 0.15) is 35.7 Å². The summed E-state index contributed by atoms with van der Waals surface area (Å²) in [5.41, 5.74) is 0.516. The summed E-state index contributed by atoms with van der Waals surface area (Å²) in [5, 5.41) is 0.383.